The predicted molar refractivity (Wildman–Crippen MR) is 122 cm³/mol. The number of aromatic nitrogens is 1. The van der Waals surface area contributed by atoms with Crippen LogP contribution in [0, 0.1) is 0 Å². The fraction of sp³-hybridized carbons (Fsp3) is 0.200. The molecule has 0 bridgehead atoms. The summed E-state index contributed by atoms with van der Waals surface area (Å²) in [6.45, 7) is 3.15. The van der Waals surface area contributed by atoms with Crippen LogP contribution in [0.3, 0.4) is 0 Å². The molecule has 1 N–H and O–H groups in total. The number of carbonyl (C=O) groups is 1. The third-order valence-electron chi connectivity index (χ3n) is 5.25. The predicted octanol–water partition coefficient (Wildman–Crippen LogP) is 5.37. The number of methoxy groups -OCH3 is 1. The van der Waals surface area contributed by atoms with Gasteiger partial charge in [-0.15, -0.1) is 0 Å². The third kappa shape index (κ3) is 3.92. The van der Waals surface area contributed by atoms with Crippen LogP contribution in [0.4, 0.5) is 0 Å². The van der Waals surface area contributed by atoms with Gasteiger partial charge in [-0.05, 0) is 35.4 Å². The number of hydrogen-bond donors (Lipinski definition) is 1. The Balaban J connectivity index is 1.58. The second-order valence-electron chi connectivity index (χ2n) is 7.25. The van der Waals surface area contributed by atoms with Crippen molar-refractivity contribution in [2.24, 2.45) is 5.10 Å². The maximum atomic E-state index is 12.8. The minimum absolute atomic E-state index is 0.302. The van der Waals surface area contributed by atoms with Crippen molar-refractivity contribution < 1.29 is 9.53 Å². The lowest BCUT2D eigenvalue weighted by Crippen LogP contribution is -2.18. The zero-order valence-electron chi connectivity index (χ0n) is 17.3. The molecule has 4 rings (SSSR count). The van der Waals surface area contributed by atoms with Crippen molar-refractivity contribution in [1.29, 1.82) is 0 Å². The highest BCUT2D eigenvalue weighted by Crippen LogP contribution is 2.26. The molecule has 30 heavy (non-hydrogen) atoms. The van der Waals surface area contributed by atoms with Gasteiger partial charge in [-0.3, -0.25) is 4.79 Å². The number of carbonyl (C=O) groups excluding carboxylic acids is 1. The number of para-hydroxylation sites is 1. The Kier molecular flexibility index (Phi) is 5.80. The molecule has 0 saturated carbocycles. The average molecular weight is 399 g/mol. The number of hydrazone groups is 1. The number of fused-ring (bicyclic) bond motifs is 2. The van der Waals surface area contributed by atoms with E-state index in [9.17, 15) is 4.79 Å². The second-order valence-corrected chi connectivity index (χ2v) is 7.25. The SMILES string of the molecule is CCCCn1cc(/C=N\NC(=O)c2cc3ccccc3cc2OC)c2ccccc21. The third-order valence-corrected chi connectivity index (χ3v) is 5.25. The second kappa shape index (κ2) is 8.82. The van der Waals surface area contributed by atoms with E-state index in [0.717, 1.165) is 41.1 Å². The fourth-order valence-corrected chi connectivity index (χ4v) is 3.68. The number of rotatable bonds is 7. The van der Waals surface area contributed by atoms with Crippen molar-refractivity contribution in [2.75, 3.05) is 7.11 Å². The number of benzene rings is 3. The quantitative estimate of drug-likeness (QED) is 0.336. The van der Waals surface area contributed by atoms with Crippen molar-refractivity contribution in [3.8, 4) is 5.75 Å². The molecule has 0 spiro atoms. The Morgan fingerprint density at radius 2 is 1.83 bits per heavy atom. The molecule has 1 heterocycles. The van der Waals surface area contributed by atoms with E-state index >= 15 is 0 Å². The Labute approximate surface area is 176 Å². The number of ether oxygens (including phenoxy) is 1. The molecule has 152 valence electrons. The van der Waals surface area contributed by atoms with Gasteiger partial charge in [-0.1, -0.05) is 55.8 Å². The summed E-state index contributed by atoms with van der Waals surface area (Å²) in [5, 5.41) is 7.34. The van der Waals surface area contributed by atoms with Crippen molar-refractivity contribution in [3.63, 3.8) is 0 Å². The first-order valence-corrected chi connectivity index (χ1v) is 10.2. The molecule has 0 aliphatic carbocycles. The van der Waals surface area contributed by atoms with E-state index in [1.54, 1.807) is 13.3 Å². The molecule has 0 saturated heterocycles. The van der Waals surface area contributed by atoms with Crippen molar-refractivity contribution >= 4 is 33.8 Å². The smallest absolute Gasteiger partial charge is 0.275 e. The zero-order chi connectivity index (χ0) is 20.9. The number of aryl methyl sites for hydroxylation is 1. The lowest BCUT2D eigenvalue weighted by atomic mass is 10.1. The summed E-state index contributed by atoms with van der Waals surface area (Å²) in [5.41, 5.74) is 5.26. The molecule has 0 aliphatic rings. The number of nitrogens with zero attached hydrogens (tertiary/aromatic N) is 2. The summed E-state index contributed by atoms with van der Waals surface area (Å²) in [7, 11) is 1.56. The Morgan fingerprint density at radius 1 is 1.10 bits per heavy atom. The molecule has 0 atom stereocenters. The Hall–Kier alpha value is -3.60. The lowest BCUT2D eigenvalue weighted by Gasteiger charge is -2.09. The lowest BCUT2D eigenvalue weighted by molar-refractivity contribution is 0.0952. The van der Waals surface area contributed by atoms with Gasteiger partial charge in [0.2, 0.25) is 0 Å². The number of amides is 1. The Bertz CT molecular complexity index is 1220. The molecule has 0 fully saturated rings. The van der Waals surface area contributed by atoms with Crippen LogP contribution in [-0.2, 0) is 6.54 Å². The van der Waals surface area contributed by atoms with E-state index in [2.05, 4.69) is 40.3 Å². The number of unbranched alkanes of at least 4 members (excludes halogenated alkanes) is 1. The molecule has 3 aromatic carbocycles. The summed E-state index contributed by atoms with van der Waals surface area (Å²) in [6.07, 6.45) is 6.05. The van der Waals surface area contributed by atoms with Gasteiger partial charge in [-0.25, -0.2) is 5.43 Å². The van der Waals surface area contributed by atoms with Crippen LogP contribution in [0.25, 0.3) is 21.7 Å². The van der Waals surface area contributed by atoms with Gasteiger partial charge in [0.05, 0.1) is 18.9 Å². The van der Waals surface area contributed by atoms with Gasteiger partial charge >= 0.3 is 0 Å². The van der Waals surface area contributed by atoms with Gasteiger partial charge in [0.15, 0.2) is 0 Å². The van der Waals surface area contributed by atoms with Gasteiger partial charge in [0.1, 0.15) is 5.75 Å². The van der Waals surface area contributed by atoms with Crippen molar-refractivity contribution in [1.82, 2.24) is 9.99 Å². The highest BCUT2D eigenvalue weighted by atomic mass is 16.5. The minimum Gasteiger partial charge on any atom is -0.496 e. The first kappa shape index (κ1) is 19.7. The van der Waals surface area contributed by atoms with Crippen LogP contribution < -0.4 is 10.2 Å². The summed E-state index contributed by atoms with van der Waals surface area (Å²) in [5.74, 6) is 0.223. The summed E-state index contributed by atoms with van der Waals surface area (Å²) in [6, 6.07) is 19.8. The fourth-order valence-electron chi connectivity index (χ4n) is 3.68. The molecular weight excluding hydrogens is 374 g/mol. The average Bonchev–Trinajstić information content (AvgIpc) is 3.14. The van der Waals surface area contributed by atoms with Crippen molar-refractivity contribution in [2.45, 2.75) is 26.3 Å². The highest BCUT2D eigenvalue weighted by molar-refractivity contribution is 6.03. The van der Waals surface area contributed by atoms with Crippen LogP contribution in [0.2, 0.25) is 0 Å². The van der Waals surface area contributed by atoms with E-state index in [0.29, 0.717) is 11.3 Å². The van der Waals surface area contributed by atoms with Crippen LogP contribution in [0.1, 0.15) is 35.7 Å². The molecule has 0 radical (unpaired) electrons. The van der Waals surface area contributed by atoms with Gasteiger partial charge in [0, 0.05) is 29.2 Å². The standard InChI is InChI=1S/C25H25N3O2/c1-3-4-13-28-17-20(21-11-7-8-12-23(21)28)16-26-27-25(29)22-14-18-9-5-6-10-19(18)15-24(22)30-2/h5-12,14-17H,3-4,13H2,1-2H3,(H,27,29)/b26-16-. The molecule has 0 aliphatic heterocycles. The normalized spacial score (nSPS) is 11.4. The van der Waals surface area contributed by atoms with Crippen molar-refractivity contribution in [3.05, 3.63) is 78.0 Å². The van der Waals surface area contributed by atoms with E-state index in [1.165, 1.54) is 5.52 Å². The zero-order valence-corrected chi connectivity index (χ0v) is 17.3. The molecule has 1 aromatic heterocycles. The van der Waals surface area contributed by atoms with E-state index in [-0.39, 0.29) is 5.91 Å². The maximum Gasteiger partial charge on any atom is 0.275 e. The first-order chi connectivity index (χ1) is 14.7. The van der Waals surface area contributed by atoms with E-state index in [1.807, 2.05) is 48.5 Å². The van der Waals surface area contributed by atoms with E-state index in [4.69, 9.17) is 4.74 Å². The monoisotopic (exact) mass is 399 g/mol. The van der Waals surface area contributed by atoms with Crippen LogP contribution in [0.15, 0.2) is 72.0 Å². The summed E-state index contributed by atoms with van der Waals surface area (Å²) < 4.78 is 7.67. The highest BCUT2D eigenvalue weighted by Gasteiger charge is 2.13. The number of nitrogens with one attached hydrogen (secondary N) is 1. The topological polar surface area (TPSA) is 55.6 Å². The van der Waals surface area contributed by atoms with Gasteiger partial charge < -0.3 is 9.30 Å². The Morgan fingerprint density at radius 3 is 2.60 bits per heavy atom. The molecule has 5 nitrogen and oxygen atoms in total. The molecule has 5 heteroatoms. The maximum absolute atomic E-state index is 12.8. The summed E-state index contributed by atoms with van der Waals surface area (Å²) in [4.78, 5) is 12.8. The van der Waals surface area contributed by atoms with Gasteiger partial charge in [0.25, 0.3) is 5.91 Å². The molecule has 4 aromatic rings. The largest absolute Gasteiger partial charge is 0.496 e. The molecular formula is C25H25N3O2. The van der Waals surface area contributed by atoms with E-state index < -0.39 is 0 Å². The first-order valence-electron chi connectivity index (χ1n) is 10.2. The minimum atomic E-state index is -0.302. The van der Waals surface area contributed by atoms with Crippen LogP contribution in [0.5, 0.6) is 5.75 Å². The number of hydrogen-bond acceptors (Lipinski definition) is 3. The molecule has 0 unspecified atom stereocenters. The van der Waals surface area contributed by atoms with Gasteiger partial charge in [-0.2, -0.15) is 5.10 Å². The molecule has 1 amide bonds. The summed E-state index contributed by atoms with van der Waals surface area (Å²) >= 11 is 0. The van der Waals surface area contributed by atoms with Crippen LogP contribution >= 0.6 is 0 Å². The van der Waals surface area contributed by atoms with Crippen LogP contribution in [-0.4, -0.2) is 23.8 Å².